The third-order valence-electron chi connectivity index (χ3n) is 6.30. The number of aliphatic hydroxyl groups is 2. The summed E-state index contributed by atoms with van der Waals surface area (Å²) < 4.78 is 6.08. The summed E-state index contributed by atoms with van der Waals surface area (Å²) in [6, 6.07) is 20.4. The van der Waals surface area contributed by atoms with Gasteiger partial charge in [0.2, 0.25) is 0 Å². The zero-order chi connectivity index (χ0) is 22.4. The molecule has 31 heavy (non-hydrogen) atoms. The van der Waals surface area contributed by atoms with E-state index in [4.69, 9.17) is 4.74 Å². The lowest BCUT2D eigenvalue weighted by molar-refractivity contribution is 0.0283. The van der Waals surface area contributed by atoms with Gasteiger partial charge in [-0.2, -0.15) is 0 Å². The molecule has 0 saturated carbocycles. The van der Waals surface area contributed by atoms with E-state index in [0.717, 1.165) is 34.4 Å². The third-order valence-corrected chi connectivity index (χ3v) is 6.30. The minimum atomic E-state index is -0.770. The van der Waals surface area contributed by atoms with E-state index >= 15 is 0 Å². The Kier molecular flexibility index (Phi) is 7.53. The Bertz CT molecular complexity index is 1000. The van der Waals surface area contributed by atoms with Crippen LogP contribution in [0.2, 0.25) is 0 Å². The number of hydrogen-bond donors (Lipinski definition) is 2. The molecule has 0 spiro atoms. The van der Waals surface area contributed by atoms with Gasteiger partial charge in [0.15, 0.2) is 0 Å². The summed E-state index contributed by atoms with van der Waals surface area (Å²) in [6.45, 7) is 8.86. The van der Waals surface area contributed by atoms with Crippen LogP contribution in [0.25, 0.3) is 11.1 Å². The second-order valence-corrected chi connectivity index (χ2v) is 8.20. The lowest BCUT2D eigenvalue weighted by Gasteiger charge is -2.27. The Labute approximate surface area is 186 Å². The Balaban J connectivity index is 1.88. The molecule has 0 aliphatic heterocycles. The van der Waals surface area contributed by atoms with Crippen molar-refractivity contribution in [3.8, 4) is 16.9 Å². The van der Waals surface area contributed by atoms with Gasteiger partial charge in [-0.05, 0) is 77.3 Å². The molecule has 3 nitrogen and oxygen atoms in total. The molecule has 3 aromatic carbocycles. The van der Waals surface area contributed by atoms with Crippen molar-refractivity contribution in [2.75, 3.05) is 0 Å². The maximum absolute atomic E-state index is 10.9. The first kappa shape index (κ1) is 23.1. The molecule has 0 amide bonds. The number of aryl methyl sites for hydroxylation is 2. The highest BCUT2D eigenvalue weighted by atomic mass is 16.5. The third kappa shape index (κ3) is 5.17. The van der Waals surface area contributed by atoms with Crippen LogP contribution < -0.4 is 4.74 Å². The van der Waals surface area contributed by atoms with Crippen LogP contribution in [0.4, 0.5) is 0 Å². The van der Waals surface area contributed by atoms with E-state index in [0.29, 0.717) is 19.4 Å². The van der Waals surface area contributed by atoms with E-state index in [1.54, 1.807) is 0 Å². The van der Waals surface area contributed by atoms with E-state index < -0.39 is 5.60 Å². The molecule has 0 bridgehead atoms. The van der Waals surface area contributed by atoms with Gasteiger partial charge in [0, 0.05) is 0 Å². The average Bonchev–Trinajstić information content (AvgIpc) is 2.82. The fraction of sp³-hybridized carbons (Fsp3) is 0.357. The summed E-state index contributed by atoms with van der Waals surface area (Å²) in [6.07, 6.45) is 2.34. The van der Waals surface area contributed by atoms with Crippen molar-refractivity contribution < 1.29 is 14.9 Å². The average molecular weight is 419 g/mol. The first-order valence-electron chi connectivity index (χ1n) is 11.2. The normalized spacial score (nSPS) is 11.5. The maximum Gasteiger partial charge on any atom is 0.120 e. The van der Waals surface area contributed by atoms with Crippen LogP contribution in [0.1, 0.15) is 61.4 Å². The molecule has 0 atom stereocenters. The molecule has 0 unspecified atom stereocenters. The van der Waals surface area contributed by atoms with Gasteiger partial charge >= 0.3 is 0 Å². The molecule has 0 aliphatic carbocycles. The second kappa shape index (κ2) is 10.1. The highest BCUT2D eigenvalue weighted by Gasteiger charge is 2.25. The highest BCUT2D eigenvalue weighted by Crippen LogP contribution is 2.35. The van der Waals surface area contributed by atoms with E-state index in [1.807, 2.05) is 44.2 Å². The van der Waals surface area contributed by atoms with Crippen LogP contribution >= 0.6 is 0 Å². The van der Waals surface area contributed by atoms with Gasteiger partial charge in [0.1, 0.15) is 12.4 Å². The number of hydrogen-bond acceptors (Lipinski definition) is 3. The predicted octanol–water partition coefficient (Wildman–Crippen LogP) is 6.30. The predicted molar refractivity (Wildman–Crippen MR) is 127 cm³/mol. The van der Waals surface area contributed by atoms with Crippen molar-refractivity contribution in [3.05, 3.63) is 88.5 Å². The van der Waals surface area contributed by atoms with Crippen LogP contribution in [0.3, 0.4) is 0 Å². The molecule has 0 fully saturated rings. The number of rotatable bonds is 9. The van der Waals surface area contributed by atoms with Crippen LogP contribution in [0.15, 0.2) is 60.7 Å². The van der Waals surface area contributed by atoms with Crippen LogP contribution in [-0.4, -0.2) is 10.2 Å². The topological polar surface area (TPSA) is 49.7 Å². The number of ether oxygens (including phenoxy) is 1. The lowest BCUT2D eigenvalue weighted by atomic mass is 9.85. The highest BCUT2D eigenvalue weighted by molar-refractivity contribution is 5.72. The first-order chi connectivity index (χ1) is 14.9. The molecule has 0 heterocycles. The molecule has 3 aromatic rings. The van der Waals surface area contributed by atoms with Crippen molar-refractivity contribution >= 4 is 0 Å². The molecule has 164 valence electrons. The van der Waals surface area contributed by atoms with Gasteiger partial charge < -0.3 is 14.9 Å². The van der Waals surface area contributed by atoms with Gasteiger partial charge in [-0.25, -0.2) is 0 Å². The smallest absolute Gasteiger partial charge is 0.120 e. The monoisotopic (exact) mass is 418 g/mol. The molecule has 2 N–H and O–H groups in total. The van der Waals surface area contributed by atoms with Crippen molar-refractivity contribution in [2.45, 2.75) is 65.8 Å². The number of aliphatic hydroxyl groups excluding tert-OH is 1. The SMILES string of the molecule is CCc1ccc(OCc2ccc(CO)cc2)cc1-c1ccc(C(O)(CC)CC)cc1C. The first-order valence-corrected chi connectivity index (χ1v) is 11.2. The van der Waals surface area contributed by atoms with E-state index in [-0.39, 0.29) is 6.61 Å². The molecule has 0 aliphatic rings. The minimum Gasteiger partial charge on any atom is -0.489 e. The quantitative estimate of drug-likeness (QED) is 0.428. The zero-order valence-corrected chi connectivity index (χ0v) is 19.1. The Morgan fingerprint density at radius 3 is 2.06 bits per heavy atom. The number of benzene rings is 3. The van der Waals surface area contributed by atoms with Crippen LogP contribution in [0, 0.1) is 6.92 Å². The summed E-state index contributed by atoms with van der Waals surface area (Å²) in [7, 11) is 0. The lowest BCUT2D eigenvalue weighted by Crippen LogP contribution is -2.23. The zero-order valence-electron chi connectivity index (χ0n) is 19.1. The molecule has 0 radical (unpaired) electrons. The van der Waals surface area contributed by atoms with E-state index in [1.165, 1.54) is 16.7 Å². The summed E-state index contributed by atoms with van der Waals surface area (Å²) in [5, 5.41) is 20.1. The van der Waals surface area contributed by atoms with Gasteiger partial charge in [-0.1, -0.05) is 69.3 Å². The van der Waals surface area contributed by atoms with Crippen molar-refractivity contribution in [1.29, 1.82) is 0 Å². The van der Waals surface area contributed by atoms with Gasteiger partial charge in [0.25, 0.3) is 0 Å². The van der Waals surface area contributed by atoms with Crippen LogP contribution in [-0.2, 0) is 25.2 Å². The Hall–Kier alpha value is -2.62. The van der Waals surface area contributed by atoms with Crippen molar-refractivity contribution in [3.63, 3.8) is 0 Å². The Morgan fingerprint density at radius 2 is 1.48 bits per heavy atom. The molecule has 0 saturated heterocycles. The summed E-state index contributed by atoms with van der Waals surface area (Å²) in [5.41, 5.74) is 6.96. The summed E-state index contributed by atoms with van der Waals surface area (Å²) in [5.74, 6) is 0.834. The molecular weight excluding hydrogens is 384 g/mol. The van der Waals surface area contributed by atoms with Crippen molar-refractivity contribution in [1.82, 2.24) is 0 Å². The summed E-state index contributed by atoms with van der Waals surface area (Å²) in [4.78, 5) is 0. The maximum atomic E-state index is 10.9. The summed E-state index contributed by atoms with van der Waals surface area (Å²) >= 11 is 0. The molecule has 0 aromatic heterocycles. The molecule has 3 rings (SSSR count). The van der Waals surface area contributed by atoms with Gasteiger partial charge in [-0.15, -0.1) is 0 Å². The standard InChI is InChI=1S/C28H34O3/c1-5-23-12-14-25(31-19-22-10-8-21(18-29)9-11-22)17-27(23)26-15-13-24(16-20(26)4)28(30,6-2)7-3/h8-17,29-30H,5-7,18-19H2,1-4H3. The van der Waals surface area contributed by atoms with Gasteiger partial charge in [0.05, 0.1) is 12.2 Å². The van der Waals surface area contributed by atoms with Crippen LogP contribution in [0.5, 0.6) is 5.75 Å². The van der Waals surface area contributed by atoms with Gasteiger partial charge in [-0.3, -0.25) is 0 Å². The second-order valence-electron chi connectivity index (χ2n) is 8.20. The fourth-order valence-electron chi connectivity index (χ4n) is 4.03. The largest absolute Gasteiger partial charge is 0.489 e. The van der Waals surface area contributed by atoms with E-state index in [9.17, 15) is 10.2 Å². The molecule has 3 heteroatoms. The van der Waals surface area contributed by atoms with Crippen molar-refractivity contribution in [2.24, 2.45) is 0 Å². The minimum absolute atomic E-state index is 0.0506. The fourth-order valence-corrected chi connectivity index (χ4v) is 4.03. The Morgan fingerprint density at radius 1 is 0.806 bits per heavy atom. The van der Waals surface area contributed by atoms with E-state index in [2.05, 4.69) is 44.2 Å². The molecular formula is C28H34O3.